The zero-order valence-corrected chi connectivity index (χ0v) is 25.8. The van der Waals surface area contributed by atoms with Crippen LogP contribution in [0.2, 0.25) is 0 Å². The van der Waals surface area contributed by atoms with Gasteiger partial charge in [0.25, 0.3) is 5.91 Å². The molecule has 4 aromatic carbocycles. The van der Waals surface area contributed by atoms with Gasteiger partial charge >= 0.3 is 5.97 Å². The Labute approximate surface area is 258 Å². The lowest BCUT2D eigenvalue weighted by atomic mass is 10.1. The van der Waals surface area contributed by atoms with Crippen molar-refractivity contribution in [1.82, 2.24) is 4.90 Å². The Morgan fingerprint density at radius 3 is 2.45 bits per heavy atom. The van der Waals surface area contributed by atoms with Crippen LogP contribution in [0, 0.1) is 0 Å². The van der Waals surface area contributed by atoms with Gasteiger partial charge in [-0.3, -0.25) is 14.5 Å². The molecule has 4 aromatic rings. The molecule has 0 aromatic heterocycles. The van der Waals surface area contributed by atoms with Crippen LogP contribution in [-0.2, 0) is 27.4 Å². The minimum atomic E-state index is -0.518. The molecule has 1 amide bonds. The molecule has 0 N–H and O–H groups in total. The molecule has 0 aliphatic carbocycles. The number of thiocarbonyl (C=S) groups is 1. The van der Waals surface area contributed by atoms with E-state index in [0.29, 0.717) is 33.8 Å². The maximum atomic E-state index is 13.7. The van der Waals surface area contributed by atoms with Gasteiger partial charge in [-0.05, 0) is 92.4 Å². The van der Waals surface area contributed by atoms with E-state index in [0.717, 1.165) is 28.3 Å². The Hall–Kier alpha value is -4.21. The maximum absolute atomic E-state index is 13.7. The Balaban J connectivity index is 1.47. The number of carbonyl (C=O) groups is 2. The summed E-state index contributed by atoms with van der Waals surface area (Å²) in [5.41, 5.74) is 3.70. The lowest BCUT2D eigenvalue weighted by molar-refractivity contribution is -0.140. The fraction of sp³-hybridized carbons (Fsp3) is 0.182. The second-order valence-corrected chi connectivity index (χ2v) is 10.8. The van der Waals surface area contributed by atoms with Gasteiger partial charge in [0, 0.05) is 0 Å². The van der Waals surface area contributed by atoms with E-state index >= 15 is 0 Å². The standard InChI is InChI=1S/C33H29BrN2O5S/c1-4-21-12-14-25(15-13-21)36-32(38)28(35(33(36)42)19-30(37)40-3)17-22-16-27(34)31(29(18-22)39-2)41-20-24-10-7-9-23-8-5-6-11-26(23)24/h5-18H,4,19-20H2,1-3H3/b28-17-. The average molecular weight is 646 g/mol. The maximum Gasteiger partial charge on any atom is 0.325 e. The number of aryl methyl sites for hydroxylation is 1. The Morgan fingerprint density at radius 1 is 1.00 bits per heavy atom. The van der Waals surface area contributed by atoms with E-state index < -0.39 is 5.97 Å². The highest BCUT2D eigenvalue weighted by Gasteiger charge is 2.40. The van der Waals surface area contributed by atoms with E-state index in [4.69, 9.17) is 26.4 Å². The number of halogens is 1. The van der Waals surface area contributed by atoms with Crippen LogP contribution in [-0.4, -0.2) is 42.7 Å². The Morgan fingerprint density at radius 2 is 1.74 bits per heavy atom. The second kappa shape index (κ2) is 12.8. The molecule has 9 heteroatoms. The number of hydrogen-bond acceptors (Lipinski definition) is 6. The Kier molecular flexibility index (Phi) is 8.89. The van der Waals surface area contributed by atoms with Crippen LogP contribution in [0.3, 0.4) is 0 Å². The number of nitrogens with zero attached hydrogens (tertiary/aromatic N) is 2. The van der Waals surface area contributed by atoms with Gasteiger partial charge in [0.2, 0.25) is 0 Å². The predicted molar refractivity (Wildman–Crippen MR) is 172 cm³/mol. The fourth-order valence-electron chi connectivity index (χ4n) is 4.82. The molecule has 7 nitrogen and oxygen atoms in total. The van der Waals surface area contributed by atoms with Crippen LogP contribution in [0.25, 0.3) is 16.8 Å². The van der Waals surface area contributed by atoms with E-state index in [2.05, 4.69) is 41.1 Å². The SMILES string of the molecule is CCc1ccc(N2C(=O)/C(=C/c3cc(Br)c(OCc4cccc5ccccc45)c(OC)c3)N(CC(=O)OC)C2=S)cc1. The van der Waals surface area contributed by atoms with E-state index in [1.54, 1.807) is 19.3 Å². The number of methoxy groups -OCH3 is 2. The van der Waals surface area contributed by atoms with Crippen LogP contribution in [0.5, 0.6) is 11.5 Å². The van der Waals surface area contributed by atoms with Crippen molar-refractivity contribution in [3.8, 4) is 11.5 Å². The van der Waals surface area contributed by atoms with Gasteiger partial charge in [0.15, 0.2) is 16.6 Å². The third-order valence-corrected chi connectivity index (χ3v) is 8.05. The number of anilines is 1. The van der Waals surface area contributed by atoms with E-state index in [9.17, 15) is 9.59 Å². The predicted octanol–water partition coefficient (Wildman–Crippen LogP) is 6.90. The highest BCUT2D eigenvalue weighted by Crippen LogP contribution is 2.39. The normalized spacial score (nSPS) is 14.1. The number of benzene rings is 4. The molecule has 214 valence electrons. The number of esters is 1. The van der Waals surface area contributed by atoms with Crippen LogP contribution < -0.4 is 14.4 Å². The molecule has 0 unspecified atom stereocenters. The van der Waals surface area contributed by atoms with Gasteiger partial charge in [-0.2, -0.15) is 0 Å². The van der Waals surface area contributed by atoms with Crippen LogP contribution in [0.4, 0.5) is 5.69 Å². The van der Waals surface area contributed by atoms with Crippen molar-refractivity contribution in [3.63, 3.8) is 0 Å². The topological polar surface area (TPSA) is 68.3 Å². The zero-order chi connectivity index (χ0) is 29.8. The number of rotatable bonds is 9. The third-order valence-electron chi connectivity index (χ3n) is 7.06. The molecule has 0 atom stereocenters. The molecule has 1 fully saturated rings. The first kappa shape index (κ1) is 29.3. The van der Waals surface area contributed by atoms with Gasteiger partial charge in [0.05, 0.1) is 24.4 Å². The molecule has 0 bridgehead atoms. The molecular weight excluding hydrogens is 616 g/mol. The van der Waals surface area contributed by atoms with Gasteiger partial charge < -0.3 is 19.1 Å². The minimum absolute atomic E-state index is 0.196. The van der Waals surface area contributed by atoms with Gasteiger partial charge in [-0.1, -0.05) is 61.5 Å². The van der Waals surface area contributed by atoms with Crippen LogP contribution in [0.1, 0.15) is 23.6 Å². The number of fused-ring (bicyclic) bond motifs is 1. The van der Waals surface area contributed by atoms with Gasteiger partial charge in [0.1, 0.15) is 18.8 Å². The van der Waals surface area contributed by atoms with Gasteiger partial charge in [-0.25, -0.2) is 0 Å². The number of ether oxygens (including phenoxy) is 3. The fourth-order valence-corrected chi connectivity index (χ4v) is 5.75. The van der Waals surface area contributed by atoms with E-state index in [1.807, 2.05) is 54.6 Å². The van der Waals surface area contributed by atoms with E-state index in [-0.39, 0.29) is 23.3 Å². The zero-order valence-electron chi connectivity index (χ0n) is 23.4. The molecule has 0 spiro atoms. The summed E-state index contributed by atoms with van der Waals surface area (Å²) in [4.78, 5) is 28.9. The molecule has 42 heavy (non-hydrogen) atoms. The quantitative estimate of drug-likeness (QED) is 0.112. The number of hydrogen-bond donors (Lipinski definition) is 0. The summed E-state index contributed by atoms with van der Waals surface area (Å²) in [6.07, 6.45) is 2.55. The first-order chi connectivity index (χ1) is 20.3. The summed E-state index contributed by atoms with van der Waals surface area (Å²) < 4.78 is 17.5. The van der Waals surface area contributed by atoms with Crippen molar-refractivity contribution in [2.24, 2.45) is 0 Å². The largest absolute Gasteiger partial charge is 0.493 e. The van der Waals surface area contributed by atoms with Crippen molar-refractivity contribution in [3.05, 3.63) is 106 Å². The lowest BCUT2D eigenvalue weighted by Crippen LogP contribution is -2.35. The molecule has 1 aliphatic heterocycles. The van der Waals surface area contributed by atoms with Crippen molar-refractivity contribution in [2.75, 3.05) is 25.7 Å². The summed E-state index contributed by atoms with van der Waals surface area (Å²) in [7, 11) is 2.86. The van der Waals surface area contributed by atoms with Crippen molar-refractivity contribution >= 4 is 67.7 Å². The van der Waals surface area contributed by atoms with Crippen molar-refractivity contribution in [1.29, 1.82) is 0 Å². The van der Waals surface area contributed by atoms with E-state index in [1.165, 1.54) is 16.9 Å². The summed E-state index contributed by atoms with van der Waals surface area (Å²) in [5.74, 6) is 0.149. The summed E-state index contributed by atoms with van der Waals surface area (Å²) in [5, 5.41) is 2.45. The van der Waals surface area contributed by atoms with Crippen LogP contribution >= 0.6 is 28.1 Å². The van der Waals surface area contributed by atoms with Crippen molar-refractivity contribution < 1.29 is 23.8 Å². The molecule has 5 rings (SSSR count). The van der Waals surface area contributed by atoms with Gasteiger partial charge in [-0.15, -0.1) is 0 Å². The highest BCUT2D eigenvalue weighted by molar-refractivity contribution is 9.10. The van der Waals surface area contributed by atoms with Crippen LogP contribution in [0.15, 0.2) is 89.0 Å². The molecule has 0 radical (unpaired) electrons. The lowest BCUT2D eigenvalue weighted by Gasteiger charge is -2.19. The van der Waals surface area contributed by atoms with Crippen molar-refractivity contribution in [2.45, 2.75) is 20.0 Å². The molecule has 1 aliphatic rings. The smallest absolute Gasteiger partial charge is 0.325 e. The average Bonchev–Trinajstić information content (AvgIpc) is 3.23. The third kappa shape index (κ3) is 5.89. The minimum Gasteiger partial charge on any atom is -0.493 e. The Bertz CT molecular complexity index is 1700. The first-order valence-electron chi connectivity index (χ1n) is 13.3. The number of amides is 1. The second-order valence-electron chi connectivity index (χ2n) is 9.60. The summed E-state index contributed by atoms with van der Waals surface area (Å²) in [6, 6.07) is 25.5. The monoisotopic (exact) mass is 644 g/mol. The summed E-state index contributed by atoms with van der Waals surface area (Å²) in [6.45, 7) is 2.19. The molecule has 1 heterocycles. The summed E-state index contributed by atoms with van der Waals surface area (Å²) >= 11 is 9.30. The molecule has 0 saturated carbocycles. The highest BCUT2D eigenvalue weighted by atomic mass is 79.9. The molecule has 1 saturated heterocycles. The number of carbonyl (C=O) groups excluding carboxylic acids is 2. The molecular formula is C33H29BrN2O5S. The first-order valence-corrected chi connectivity index (χ1v) is 14.5.